The van der Waals surface area contributed by atoms with Gasteiger partial charge in [0, 0.05) is 44.8 Å². The van der Waals surface area contributed by atoms with Gasteiger partial charge in [0.15, 0.2) is 0 Å². The van der Waals surface area contributed by atoms with E-state index in [2.05, 4.69) is 21.9 Å². The van der Waals surface area contributed by atoms with Crippen molar-refractivity contribution >= 4 is 23.1 Å². The van der Waals surface area contributed by atoms with Crippen molar-refractivity contribution in [2.45, 2.75) is 6.42 Å². The smallest absolute Gasteiger partial charge is 0.257 e. The summed E-state index contributed by atoms with van der Waals surface area (Å²) in [6.07, 6.45) is 4.13. The number of likely N-dealkylation sites (tertiary alicyclic amines) is 1. The van der Waals surface area contributed by atoms with E-state index < -0.39 is 0 Å². The summed E-state index contributed by atoms with van der Waals surface area (Å²) in [7, 11) is 1.71. The zero-order chi connectivity index (χ0) is 26.3. The number of hydrogen-bond acceptors (Lipinski definition) is 5. The molecule has 194 valence electrons. The Morgan fingerprint density at radius 1 is 0.763 bits per heavy atom. The average molecular weight is 508 g/mol. The van der Waals surface area contributed by atoms with Crippen LogP contribution >= 0.6 is 0 Å². The van der Waals surface area contributed by atoms with E-state index in [1.807, 2.05) is 84.9 Å². The van der Waals surface area contributed by atoms with Gasteiger partial charge >= 0.3 is 0 Å². The van der Waals surface area contributed by atoms with Crippen molar-refractivity contribution in [3.8, 4) is 5.75 Å². The maximum Gasteiger partial charge on any atom is 0.257 e. The molecule has 0 aliphatic carbocycles. The van der Waals surface area contributed by atoms with E-state index in [9.17, 15) is 9.59 Å². The number of para-hydroxylation sites is 2. The Morgan fingerprint density at radius 3 is 1.97 bits per heavy atom. The SMILES string of the molecule is COc1ccccc1N1CCN(C/C=C\CN2C(=O)CC(=C(c3ccccc3)c3ccccc3)C2=O)CC1. The van der Waals surface area contributed by atoms with Crippen LogP contribution in [0.25, 0.3) is 5.57 Å². The third kappa shape index (κ3) is 5.55. The van der Waals surface area contributed by atoms with Crippen LogP contribution in [0.15, 0.2) is 103 Å². The third-order valence-electron chi connectivity index (χ3n) is 7.18. The Labute approximate surface area is 224 Å². The summed E-state index contributed by atoms with van der Waals surface area (Å²) in [5.74, 6) is 0.550. The molecule has 3 aromatic rings. The first-order valence-corrected chi connectivity index (χ1v) is 13.1. The maximum atomic E-state index is 13.4. The minimum Gasteiger partial charge on any atom is -0.495 e. The summed E-state index contributed by atoms with van der Waals surface area (Å²) in [5.41, 5.74) is 4.42. The molecule has 2 amide bonds. The number of benzene rings is 3. The fraction of sp³-hybridized carbons (Fsp3) is 0.250. The van der Waals surface area contributed by atoms with Crippen molar-refractivity contribution < 1.29 is 14.3 Å². The van der Waals surface area contributed by atoms with Gasteiger partial charge in [0.1, 0.15) is 5.75 Å². The van der Waals surface area contributed by atoms with Crippen molar-refractivity contribution in [3.63, 3.8) is 0 Å². The van der Waals surface area contributed by atoms with E-state index in [0.717, 1.165) is 60.9 Å². The minimum absolute atomic E-state index is 0.122. The Balaban J connectivity index is 1.21. The molecular formula is C32H33N3O3. The van der Waals surface area contributed by atoms with Crippen LogP contribution in [0.4, 0.5) is 5.69 Å². The molecular weight excluding hydrogens is 474 g/mol. The van der Waals surface area contributed by atoms with Crippen molar-refractivity contribution in [2.24, 2.45) is 0 Å². The number of imide groups is 1. The molecule has 5 rings (SSSR count). The predicted molar refractivity (Wildman–Crippen MR) is 151 cm³/mol. The lowest BCUT2D eigenvalue weighted by Crippen LogP contribution is -2.46. The standard InChI is InChI=1S/C32H33N3O3/c1-38-29-17-9-8-16-28(29)34-22-20-33(21-23-34)18-10-11-19-35-30(36)24-27(32(35)37)31(25-12-4-2-5-13-25)26-14-6-3-7-15-26/h2-17H,18-24H2,1H3/b11-10-. The van der Waals surface area contributed by atoms with Gasteiger partial charge in [-0.15, -0.1) is 0 Å². The van der Waals surface area contributed by atoms with Crippen LogP contribution in [0, 0.1) is 0 Å². The Morgan fingerprint density at radius 2 is 1.34 bits per heavy atom. The van der Waals surface area contributed by atoms with Gasteiger partial charge in [0.25, 0.3) is 5.91 Å². The highest BCUT2D eigenvalue weighted by molar-refractivity contribution is 6.18. The van der Waals surface area contributed by atoms with Crippen LogP contribution in [-0.4, -0.2) is 68.0 Å². The normalized spacial score (nSPS) is 16.5. The van der Waals surface area contributed by atoms with E-state index >= 15 is 0 Å². The number of amides is 2. The fourth-order valence-corrected chi connectivity index (χ4v) is 5.17. The number of methoxy groups -OCH3 is 1. The lowest BCUT2D eigenvalue weighted by Gasteiger charge is -2.36. The Bertz CT molecular complexity index is 1280. The van der Waals surface area contributed by atoms with Gasteiger partial charge in [0.05, 0.1) is 19.2 Å². The number of piperazine rings is 1. The lowest BCUT2D eigenvalue weighted by molar-refractivity contribution is -0.136. The van der Waals surface area contributed by atoms with E-state index in [-0.39, 0.29) is 18.2 Å². The quantitative estimate of drug-likeness (QED) is 0.253. The number of anilines is 1. The van der Waals surface area contributed by atoms with Gasteiger partial charge in [-0.1, -0.05) is 84.9 Å². The zero-order valence-corrected chi connectivity index (χ0v) is 21.8. The molecule has 2 saturated heterocycles. The van der Waals surface area contributed by atoms with E-state index in [1.165, 1.54) is 4.90 Å². The van der Waals surface area contributed by atoms with Gasteiger partial charge in [-0.3, -0.25) is 19.4 Å². The van der Waals surface area contributed by atoms with Crippen LogP contribution in [0.1, 0.15) is 17.5 Å². The summed E-state index contributed by atoms with van der Waals surface area (Å²) in [6, 6.07) is 27.8. The topological polar surface area (TPSA) is 53.1 Å². The fourth-order valence-electron chi connectivity index (χ4n) is 5.17. The molecule has 0 N–H and O–H groups in total. The Kier molecular flexibility index (Phi) is 8.00. The summed E-state index contributed by atoms with van der Waals surface area (Å²) >= 11 is 0. The molecule has 0 atom stereocenters. The predicted octanol–water partition coefficient (Wildman–Crippen LogP) is 4.63. The molecule has 0 bridgehead atoms. The van der Waals surface area contributed by atoms with Crippen LogP contribution < -0.4 is 9.64 Å². The first-order valence-electron chi connectivity index (χ1n) is 13.1. The molecule has 3 aromatic carbocycles. The number of carbonyl (C=O) groups excluding carboxylic acids is 2. The number of nitrogens with zero attached hydrogens (tertiary/aromatic N) is 3. The van der Waals surface area contributed by atoms with Crippen LogP contribution in [0.3, 0.4) is 0 Å². The number of hydrogen-bond donors (Lipinski definition) is 0. The minimum atomic E-state index is -0.201. The third-order valence-corrected chi connectivity index (χ3v) is 7.18. The largest absolute Gasteiger partial charge is 0.495 e. The first-order chi connectivity index (χ1) is 18.7. The second-order valence-electron chi connectivity index (χ2n) is 9.50. The molecule has 0 aromatic heterocycles. The van der Waals surface area contributed by atoms with Crippen molar-refractivity contribution in [1.82, 2.24) is 9.80 Å². The van der Waals surface area contributed by atoms with Crippen molar-refractivity contribution in [2.75, 3.05) is 51.3 Å². The number of ether oxygens (including phenoxy) is 1. The number of rotatable bonds is 8. The molecule has 2 aliphatic rings. The van der Waals surface area contributed by atoms with Gasteiger partial charge in [0.2, 0.25) is 5.91 Å². The molecule has 0 saturated carbocycles. The molecule has 38 heavy (non-hydrogen) atoms. The molecule has 0 radical (unpaired) electrons. The van der Waals surface area contributed by atoms with Crippen molar-refractivity contribution in [1.29, 1.82) is 0 Å². The first kappa shape index (κ1) is 25.5. The number of carbonyl (C=O) groups is 2. The van der Waals surface area contributed by atoms with Crippen molar-refractivity contribution in [3.05, 3.63) is 114 Å². The maximum absolute atomic E-state index is 13.4. The van der Waals surface area contributed by atoms with Crippen LogP contribution in [0.5, 0.6) is 5.75 Å². The highest BCUT2D eigenvalue weighted by Crippen LogP contribution is 2.33. The second-order valence-corrected chi connectivity index (χ2v) is 9.50. The van der Waals surface area contributed by atoms with Gasteiger partial charge in [-0.2, -0.15) is 0 Å². The summed E-state index contributed by atoms with van der Waals surface area (Å²) in [6.45, 7) is 4.81. The lowest BCUT2D eigenvalue weighted by atomic mass is 9.92. The zero-order valence-electron chi connectivity index (χ0n) is 21.8. The van der Waals surface area contributed by atoms with E-state index in [4.69, 9.17) is 4.74 Å². The molecule has 2 aliphatic heterocycles. The average Bonchev–Trinajstić information content (AvgIpc) is 3.25. The summed E-state index contributed by atoms with van der Waals surface area (Å²) < 4.78 is 5.51. The highest BCUT2D eigenvalue weighted by Gasteiger charge is 2.35. The van der Waals surface area contributed by atoms with Gasteiger partial charge in [-0.25, -0.2) is 0 Å². The molecule has 2 fully saturated rings. The summed E-state index contributed by atoms with van der Waals surface area (Å²) in [4.78, 5) is 32.4. The van der Waals surface area contributed by atoms with E-state index in [1.54, 1.807) is 7.11 Å². The molecule has 0 unspecified atom stereocenters. The molecule has 0 spiro atoms. The van der Waals surface area contributed by atoms with Gasteiger partial charge in [-0.05, 0) is 28.8 Å². The van der Waals surface area contributed by atoms with Gasteiger partial charge < -0.3 is 9.64 Å². The van der Waals surface area contributed by atoms with E-state index in [0.29, 0.717) is 12.1 Å². The molecule has 6 heteroatoms. The molecule has 2 heterocycles. The Hall–Kier alpha value is -4.16. The molecule has 6 nitrogen and oxygen atoms in total. The van der Waals surface area contributed by atoms with Crippen LogP contribution in [0.2, 0.25) is 0 Å². The highest BCUT2D eigenvalue weighted by atomic mass is 16.5. The second kappa shape index (κ2) is 11.9. The monoisotopic (exact) mass is 507 g/mol. The summed E-state index contributed by atoms with van der Waals surface area (Å²) in [5, 5.41) is 0. The van der Waals surface area contributed by atoms with Crippen LogP contribution in [-0.2, 0) is 9.59 Å².